The van der Waals surface area contributed by atoms with Gasteiger partial charge in [0.05, 0.1) is 0 Å². The molecule has 0 saturated heterocycles. The van der Waals surface area contributed by atoms with Gasteiger partial charge in [-0.2, -0.15) is 0 Å². The Labute approximate surface area is 134 Å². The fourth-order valence-corrected chi connectivity index (χ4v) is 5.65. The van der Waals surface area contributed by atoms with Crippen LogP contribution in [0.25, 0.3) is 0 Å². The summed E-state index contributed by atoms with van der Waals surface area (Å²) < 4.78 is 3.82. The maximum absolute atomic E-state index is 3.82. The molecular weight excluding hydrogens is 269 g/mol. The summed E-state index contributed by atoms with van der Waals surface area (Å²) in [7, 11) is 0. The lowest BCUT2D eigenvalue weighted by molar-refractivity contribution is 0.531. The number of benzene rings is 2. The second-order valence-corrected chi connectivity index (χ2v) is 9.08. The van der Waals surface area contributed by atoms with Crippen molar-refractivity contribution >= 4 is 20.1 Å². The van der Waals surface area contributed by atoms with Crippen molar-refractivity contribution in [3.63, 3.8) is 0 Å². The topological polar surface area (TPSA) is 12.0 Å². The van der Waals surface area contributed by atoms with Crippen molar-refractivity contribution < 1.29 is 0 Å². The van der Waals surface area contributed by atoms with Crippen molar-refractivity contribution in [1.82, 2.24) is 0 Å². The number of anilines is 1. The Bertz CT molecular complexity index is 510. The molecule has 2 rings (SSSR count). The fourth-order valence-electron chi connectivity index (χ4n) is 2.90. The Morgan fingerprint density at radius 2 is 1.48 bits per heavy atom. The second-order valence-electron chi connectivity index (χ2n) is 6.11. The van der Waals surface area contributed by atoms with Crippen LogP contribution in [0, 0.1) is 5.92 Å². The number of rotatable bonds is 7. The minimum Gasteiger partial charge on any atom is -0.476 e. The molecule has 1 nitrogen and oxygen atoms in total. The van der Waals surface area contributed by atoms with Gasteiger partial charge in [0.15, 0.2) is 0 Å². The molecule has 0 aliphatic carbocycles. The van der Waals surface area contributed by atoms with Crippen LogP contribution in [0.4, 0.5) is 5.69 Å². The molecule has 0 saturated carbocycles. The molecule has 110 valence electrons. The van der Waals surface area contributed by atoms with Gasteiger partial charge in [-0.25, -0.2) is 0 Å². The predicted octanol–water partition coefficient (Wildman–Crippen LogP) is 5.55. The Morgan fingerprint density at radius 3 is 2.00 bits per heavy atom. The summed E-state index contributed by atoms with van der Waals surface area (Å²) in [5.74, 6) is 1.35. The summed E-state index contributed by atoms with van der Waals surface area (Å²) in [5.41, 5.74) is 2.78. The van der Waals surface area contributed by atoms with Crippen molar-refractivity contribution in [2.24, 2.45) is 5.92 Å². The first-order valence-electron chi connectivity index (χ1n) is 8.07. The highest BCUT2D eigenvalue weighted by atomic mass is 27.2. The van der Waals surface area contributed by atoms with Crippen molar-refractivity contribution in [1.29, 1.82) is 0 Å². The van der Waals surface area contributed by atoms with Crippen LogP contribution in [-0.2, 0) is 0 Å². The van der Waals surface area contributed by atoms with Gasteiger partial charge in [0.2, 0.25) is 0 Å². The van der Waals surface area contributed by atoms with Crippen LogP contribution in [0.2, 0.25) is 10.6 Å². The van der Waals surface area contributed by atoms with Gasteiger partial charge in [0, 0.05) is 5.69 Å². The maximum Gasteiger partial charge on any atom is 0.411 e. The number of nitrogens with one attached hydrogen (secondary N) is 1. The highest BCUT2D eigenvalue weighted by Crippen LogP contribution is 2.30. The molecule has 0 aliphatic rings. The first-order valence-corrected chi connectivity index (χ1v) is 10.3. The Hall–Kier alpha value is -1.23. The summed E-state index contributed by atoms with van der Waals surface area (Å²) in [6.45, 7) is 7.03. The van der Waals surface area contributed by atoms with Gasteiger partial charge in [0.1, 0.15) is 0 Å². The van der Waals surface area contributed by atoms with E-state index < -0.39 is 14.4 Å². The first-order chi connectivity index (χ1) is 10.2. The molecule has 0 bridgehead atoms. The Morgan fingerprint density at radius 1 is 0.905 bits per heavy atom. The molecule has 2 aromatic carbocycles. The van der Waals surface area contributed by atoms with E-state index >= 15 is 0 Å². The molecule has 0 spiro atoms. The van der Waals surface area contributed by atoms with Gasteiger partial charge in [0.25, 0.3) is 0 Å². The third kappa shape index (κ3) is 4.92. The van der Waals surface area contributed by atoms with Gasteiger partial charge < -0.3 is 4.30 Å². The zero-order chi connectivity index (χ0) is 15.1. The molecule has 2 heteroatoms. The van der Waals surface area contributed by atoms with E-state index in [1.165, 1.54) is 21.8 Å². The van der Waals surface area contributed by atoms with Crippen LogP contribution in [0.15, 0.2) is 60.7 Å². The van der Waals surface area contributed by atoms with Crippen molar-refractivity contribution in [3.05, 3.63) is 66.2 Å². The molecule has 0 heterocycles. The van der Waals surface area contributed by atoms with Crippen molar-refractivity contribution in [2.75, 3.05) is 4.30 Å². The van der Waals surface area contributed by atoms with Gasteiger partial charge in [-0.15, -0.1) is 0 Å². The Balaban J connectivity index is 2.07. The standard InChI is InChI=1S/C11H15.C6H6N.C2H5.Al/c1-9(2)10(3)11-7-5-4-6-8-11;7-6-4-2-1-3-5-6;1-2;/h4-10H,3H2,1-2H3;1-5,7H;1H2,2H3;/q;-1;;+1. The molecule has 21 heavy (non-hydrogen) atoms. The first kappa shape index (κ1) is 16.1. The summed E-state index contributed by atoms with van der Waals surface area (Å²) in [5, 5.41) is 2.60. The second kappa shape index (κ2) is 8.27. The maximum atomic E-state index is 3.82. The summed E-state index contributed by atoms with van der Waals surface area (Å²) in [4.78, 5) is 0. The zero-order valence-electron chi connectivity index (χ0n) is 13.4. The van der Waals surface area contributed by atoms with E-state index in [1.807, 2.05) is 0 Å². The summed E-state index contributed by atoms with van der Waals surface area (Å²) >= 11 is -0.973. The number of para-hydroxylation sites is 1. The molecule has 0 radical (unpaired) electrons. The van der Waals surface area contributed by atoms with Gasteiger partial charge in [-0.3, -0.25) is 0 Å². The lowest BCUT2D eigenvalue weighted by atomic mass is 9.90. The van der Waals surface area contributed by atoms with Crippen molar-refractivity contribution in [3.8, 4) is 0 Å². The summed E-state index contributed by atoms with van der Waals surface area (Å²) in [6, 6.07) is 21.7. The number of hydrogen-bond donors (Lipinski definition) is 1. The van der Waals surface area contributed by atoms with Crippen LogP contribution in [0.1, 0.15) is 32.3 Å². The zero-order valence-corrected chi connectivity index (χ0v) is 14.6. The van der Waals surface area contributed by atoms with Crippen LogP contribution in [0.3, 0.4) is 0 Å². The molecule has 0 aliphatic heterocycles. The van der Waals surface area contributed by atoms with E-state index in [-0.39, 0.29) is 0 Å². The van der Waals surface area contributed by atoms with Gasteiger partial charge in [-0.05, 0) is 29.5 Å². The fraction of sp³-hybridized carbons (Fsp3) is 0.368. The highest BCUT2D eigenvalue weighted by Gasteiger charge is 2.25. The smallest absolute Gasteiger partial charge is 0.411 e. The molecule has 1 N–H and O–H groups in total. The van der Waals surface area contributed by atoms with E-state index in [2.05, 4.69) is 85.7 Å². The van der Waals surface area contributed by atoms with Crippen LogP contribution in [0.5, 0.6) is 0 Å². The van der Waals surface area contributed by atoms with Crippen LogP contribution < -0.4 is 4.30 Å². The lowest BCUT2D eigenvalue weighted by Crippen LogP contribution is -2.27. The van der Waals surface area contributed by atoms with Gasteiger partial charge >= 0.3 is 14.4 Å². The molecule has 0 fully saturated rings. The lowest BCUT2D eigenvalue weighted by Gasteiger charge is -2.25. The third-order valence-corrected chi connectivity index (χ3v) is 7.01. The monoisotopic (exact) mass is 295 g/mol. The van der Waals surface area contributed by atoms with E-state index in [0.717, 1.165) is 0 Å². The van der Waals surface area contributed by atoms with E-state index in [4.69, 9.17) is 0 Å². The highest BCUT2D eigenvalue weighted by molar-refractivity contribution is 6.62. The molecule has 0 aromatic heterocycles. The molecule has 1 unspecified atom stereocenters. The normalized spacial score (nSPS) is 12.2. The van der Waals surface area contributed by atoms with Crippen molar-refractivity contribution in [2.45, 2.75) is 37.3 Å². The molecular formula is C19H26AlN. The minimum atomic E-state index is -0.973. The summed E-state index contributed by atoms with van der Waals surface area (Å²) in [6.07, 6.45) is 0. The molecule has 0 amide bonds. The average molecular weight is 295 g/mol. The largest absolute Gasteiger partial charge is 0.476 e. The molecule has 1 atom stereocenters. The minimum absolute atomic E-state index is 0.666. The predicted molar refractivity (Wildman–Crippen MR) is 95.1 cm³/mol. The van der Waals surface area contributed by atoms with E-state index in [9.17, 15) is 0 Å². The third-order valence-electron chi connectivity index (χ3n) is 4.21. The average Bonchev–Trinajstić information content (AvgIpc) is 2.52. The van der Waals surface area contributed by atoms with E-state index in [1.54, 1.807) is 0 Å². The molecule has 2 aromatic rings. The SMILES string of the molecule is C[CH2][Al]([CH2]C(c1ccccc1)C(C)C)[NH]c1ccccc1. The van der Waals surface area contributed by atoms with Gasteiger partial charge in [-0.1, -0.05) is 79.9 Å². The van der Waals surface area contributed by atoms with Crippen LogP contribution in [-0.4, -0.2) is 14.4 Å². The number of hydrogen-bond acceptors (Lipinski definition) is 1. The quantitative estimate of drug-likeness (QED) is 0.660. The van der Waals surface area contributed by atoms with E-state index in [0.29, 0.717) is 11.8 Å². The van der Waals surface area contributed by atoms with Crippen LogP contribution >= 0.6 is 0 Å². The Kier molecular flexibility index (Phi) is 6.36.